The van der Waals surface area contributed by atoms with E-state index in [0.717, 1.165) is 52.2 Å². The molecule has 4 rings (SSSR count). The van der Waals surface area contributed by atoms with Gasteiger partial charge < -0.3 is 4.42 Å². The van der Waals surface area contributed by atoms with E-state index in [4.69, 9.17) is 4.42 Å². The van der Waals surface area contributed by atoms with Crippen LogP contribution in [0.5, 0.6) is 0 Å². The first-order valence-corrected chi connectivity index (χ1v) is 9.66. The molecule has 1 aliphatic heterocycles. The molecule has 0 N–H and O–H groups in total. The van der Waals surface area contributed by atoms with Crippen molar-refractivity contribution in [3.8, 4) is 17.5 Å². The lowest BCUT2D eigenvalue weighted by atomic mass is 10.1. The third-order valence-corrected chi connectivity index (χ3v) is 5.94. The first-order chi connectivity index (χ1) is 12.5. The molecule has 0 radical (unpaired) electrons. The Morgan fingerprint density at radius 1 is 1.38 bits per heavy atom. The standard InChI is InChI=1S/C21H20BrN3O/c1-13-6-7-25(11-13)12-15-8-16(10-23)20-19(9-15)24-21(26-20)17-4-3-5-18(22)14(17)2/h3-5,8-9,13H,6-7,11-12H2,1-2H3/t13-/m1/s1. The first-order valence-electron chi connectivity index (χ1n) is 8.86. The maximum absolute atomic E-state index is 9.58. The van der Waals surface area contributed by atoms with Gasteiger partial charge >= 0.3 is 0 Å². The Balaban J connectivity index is 1.75. The Kier molecular flexibility index (Phi) is 4.56. The molecule has 5 heteroatoms. The Morgan fingerprint density at radius 2 is 2.23 bits per heavy atom. The van der Waals surface area contributed by atoms with Gasteiger partial charge in [-0.25, -0.2) is 4.98 Å². The highest BCUT2D eigenvalue weighted by atomic mass is 79.9. The second kappa shape index (κ2) is 6.86. The molecular formula is C21H20BrN3O. The van der Waals surface area contributed by atoms with E-state index < -0.39 is 0 Å². The molecule has 1 aliphatic rings. The van der Waals surface area contributed by atoms with E-state index in [0.29, 0.717) is 17.0 Å². The van der Waals surface area contributed by atoms with Crippen molar-refractivity contribution in [3.63, 3.8) is 0 Å². The fourth-order valence-corrected chi connectivity index (χ4v) is 4.01. The van der Waals surface area contributed by atoms with Crippen LogP contribution in [0.2, 0.25) is 0 Å². The van der Waals surface area contributed by atoms with Crippen LogP contribution in [0.15, 0.2) is 39.2 Å². The fraction of sp³-hybridized carbons (Fsp3) is 0.333. The van der Waals surface area contributed by atoms with E-state index in [1.807, 2.05) is 31.2 Å². The van der Waals surface area contributed by atoms with Gasteiger partial charge in [0, 0.05) is 23.1 Å². The molecular weight excluding hydrogens is 390 g/mol. The van der Waals surface area contributed by atoms with Gasteiger partial charge in [-0.05, 0) is 61.2 Å². The number of hydrogen-bond acceptors (Lipinski definition) is 4. The number of nitriles is 1. The van der Waals surface area contributed by atoms with Crippen molar-refractivity contribution < 1.29 is 4.42 Å². The van der Waals surface area contributed by atoms with Crippen LogP contribution in [0.25, 0.3) is 22.6 Å². The summed E-state index contributed by atoms with van der Waals surface area (Å²) in [5, 5.41) is 9.58. The maximum atomic E-state index is 9.58. The monoisotopic (exact) mass is 409 g/mol. The maximum Gasteiger partial charge on any atom is 0.227 e. The number of halogens is 1. The first kappa shape index (κ1) is 17.3. The summed E-state index contributed by atoms with van der Waals surface area (Å²) in [6.45, 7) is 7.39. The van der Waals surface area contributed by atoms with Gasteiger partial charge in [0.15, 0.2) is 5.58 Å². The highest BCUT2D eigenvalue weighted by Crippen LogP contribution is 2.32. The zero-order valence-electron chi connectivity index (χ0n) is 14.9. The number of aromatic nitrogens is 1. The molecule has 0 spiro atoms. The van der Waals surface area contributed by atoms with Gasteiger partial charge in [-0.1, -0.05) is 28.9 Å². The SMILES string of the molecule is Cc1c(Br)cccc1-c1nc2cc(CN3CC[C@@H](C)C3)cc(C#N)c2o1. The van der Waals surface area contributed by atoms with Crippen LogP contribution in [0, 0.1) is 24.2 Å². The minimum absolute atomic E-state index is 0.552. The smallest absolute Gasteiger partial charge is 0.227 e. The summed E-state index contributed by atoms with van der Waals surface area (Å²) in [6, 6.07) is 12.2. The molecule has 3 aromatic rings. The van der Waals surface area contributed by atoms with E-state index in [9.17, 15) is 5.26 Å². The van der Waals surface area contributed by atoms with Crippen molar-refractivity contribution >= 4 is 27.0 Å². The summed E-state index contributed by atoms with van der Waals surface area (Å²) >= 11 is 3.55. The van der Waals surface area contributed by atoms with Gasteiger partial charge in [0.1, 0.15) is 11.6 Å². The van der Waals surface area contributed by atoms with E-state index in [2.05, 4.69) is 44.9 Å². The Labute approximate surface area is 161 Å². The van der Waals surface area contributed by atoms with Crippen LogP contribution in [-0.2, 0) is 6.54 Å². The number of benzene rings is 2. The van der Waals surface area contributed by atoms with Crippen molar-refractivity contribution in [2.24, 2.45) is 5.92 Å². The molecule has 132 valence electrons. The highest BCUT2D eigenvalue weighted by Gasteiger charge is 2.20. The molecule has 2 heterocycles. The number of nitrogens with zero attached hydrogens (tertiary/aromatic N) is 3. The minimum Gasteiger partial charge on any atom is -0.435 e. The van der Waals surface area contributed by atoms with Crippen LogP contribution in [-0.4, -0.2) is 23.0 Å². The normalized spacial score (nSPS) is 17.7. The van der Waals surface area contributed by atoms with E-state index in [1.165, 1.54) is 6.42 Å². The summed E-state index contributed by atoms with van der Waals surface area (Å²) in [5.41, 5.74) is 5.00. The quantitative estimate of drug-likeness (QED) is 0.590. The summed E-state index contributed by atoms with van der Waals surface area (Å²) in [6.07, 6.45) is 1.24. The Morgan fingerprint density at radius 3 is 2.96 bits per heavy atom. The van der Waals surface area contributed by atoms with Gasteiger partial charge in [-0.2, -0.15) is 5.26 Å². The van der Waals surface area contributed by atoms with Gasteiger partial charge in [0.25, 0.3) is 0 Å². The van der Waals surface area contributed by atoms with Crippen molar-refractivity contribution in [2.75, 3.05) is 13.1 Å². The van der Waals surface area contributed by atoms with Crippen molar-refractivity contribution in [3.05, 3.63) is 51.5 Å². The van der Waals surface area contributed by atoms with Crippen molar-refractivity contribution in [1.29, 1.82) is 5.26 Å². The average Bonchev–Trinajstić information content (AvgIpc) is 3.22. The summed E-state index contributed by atoms with van der Waals surface area (Å²) in [7, 11) is 0. The number of rotatable bonds is 3. The largest absolute Gasteiger partial charge is 0.435 e. The van der Waals surface area contributed by atoms with Crippen LogP contribution in [0.3, 0.4) is 0 Å². The molecule has 26 heavy (non-hydrogen) atoms. The third-order valence-electron chi connectivity index (χ3n) is 5.08. The average molecular weight is 410 g/mol. The predicted molar refractivity (Wildman–Crippen MR) is 106 cm³/mol. The lowest BCUT2D eigenvalue weighted by molar-refractivity contribution is 0.320. The molecule has 0 bridgehead atoms. The molecule has 0 saturated carbocycles. The zero-order valence-corrected chi connectivity index (χ0v) is 16.5. The summed E-state index contributed by atoms with van der Waals surface area (Å²) in [5.74, 6) is 1.30. The fourth-order valence-electron chi connectivity index (χ4n) is 3.65. The lowest BCUT2D eigenvalue weighted by Gasteiger charge is -2.15. The number of hydrogen-bond donors (Lipinski definition) is 0. The van der Waals surface area contributed by atoms with Crippen LogP contribution in [0.4, 0.5) is 0 Å². The van der Waals surface area contributed by atoms with Gasteiger partial charge in [0.05, 0.1) is 5.56 Å². The van der Waals surface area contributed by atoms with Crippen LogP contribution in [0.1, 0.15) is 30.0 Å². The molecule has 0 unspecified atom stereocenters. The molecule has 1 fully saturated rings. The van der Waals surface area contributed by atoms with Crippen LogP contribution >= 0.6 is 15.9 Å². The van der Waals surface area contributed by atoms with Gasteiger partial charge in [0.2, 0.25) is 5.89 Å². The zero-order chi connectivity index (χ0) is 18.3. The molecule has 4 nitrogen and oxygen atoms in total. The summed E-state index contributed by atoms with van der Waals surface area (Å²) in [4.78, 5) is 7.12. The predicted octanol–water partition coefficient (Wildman–Crippen LogP) is 5.28. The Hall–Kier alpha value is -2.16. The highest BCUT2D eigenvalue weighted by molar-refractivity contribution is 9.10. The van der Waals surface area contributed by atoms with Gasteiger partial charge in [-0.3, -0.25) is 4.90 Å². The molecule has 2 aromatic carbocycles. The number of fused-ring (bicyclic) bond motifs is 1. The molecule has 1 atom stereocenters. The number of likely N-dealkylation sites (tertiary alicyclic amines) is 1. The van der Waals surface area contributed by atoms with E-state index in [-0.39, 0.29) is 0 Å². The Bertz CT molecular complexity index is 1020. The van der Waals surface area contributed by atoms with Crippen molar-refractivity contribution in [1.82, 2.24) is 9.88 Å². The minimum atomic E-state index is 0.552. The topological polar surface area (TPSA) is 53.1 Å². The van der Waals surface area contributed by atoms with Crippen LogP contribution < -0.4 is 0 Å². The molecule has 0 aliphatic carbocycles. The van der Waals surface area contributed by atoms with E-state index in [1.54, 1.807) is 0 Å². The lowest BCUT2D eigenvalue weighted by Crippen LogP contribution is -2.19. The van der Waals surface area contributed by atoms with E-state index >= 15 is 0 Å². The summed E-state index contributed by atoms with van der Waals surface area (Å²) < 4.78 is 7.00. The second-order valence-corrected chi connectivity index (χ2v) is 8.02. The molecule has 0 amide bonds. The third kappa shape index (κ3) is 3.15. The second-order valence-electron chi connectivity index (χ2n) is 7.16. The van der Waals surface area contributed by atoms with Gasteiger partial charge in [-0.15, -0.1) is 0 Å². The number of oxazole rings is 1. The molecule has 1 saturated heterocycles. The molecule has 1 aromatic heterocycles. The van der Waals surface area contributed by atoms with Crippen molar-refractivity contribution in [2.45, 2.75) is 26.8 Å².